The minimum absolute atomic E-state index is 0.00139. The summed E-state index contributed by atoms with van der Waals surface area (Å²) in [5, 5.41) is 0. The molecule has 0 spiro atoms. The number of methoxy groups -OCH3 is 1. The van der Waals surface area contributed by atoms with Crippen LogP contribution < -0.4 is 9.64 Å². The number of hydrogen-bond acceptors (Lipinski definition) is 6. The highest BCUT2D eigenvalue weighted by atomic mass is 16.5. The Hall–Kier alpha value is -2.67. The summed E-state index contributed by atoms with van der Waals surface area (Å²) in [6.45, 7) is 6.47. The first-order valence-corrected chi connectivity index (χ1v) is 9.79. The molecule has 2 aliphatic rings. The lowest BCUT2D eigenvalue weighted by molar-refractivity contribution is 0.0458. The quantitative estimate of drug-likeness (QED) is 0.809. The van der Waals surface area contributed by atoms with Crippen molar-refractivity contribution in [2.45, 2.75) is 19.4 Å². The largest absolute Gasteiger partial charge is 0.497 e. The lowest BCUT2D eigenvalue weighted by Gasteiger charge is -2.41. The van der Waals surface area contributed by atoms with Gasteiger partial charge in [0.05, 0.1) is 24.4 Å². The van der Waals surface area contributed by atoms with E-state index in [1.807, 2.05) is 36.1 Å². The molecule has 0 saturated carbocycles. The highest BCUT2D eigenvalue weighted by Gasteiger charge is 2.35. The number of carbonyl (C=O) groups excluding carboxylic acids is 1. The van der Waals surface area contributed by atoms with E-state index in [9.17, 15) is 4.79 Å². The van der Waals surface area contributed by atoms with E-state index in [0.29, 0.717) is 5.56 Å². The van der Waals surface area contributed by atoms with E-state index in [-0.39, 0.29) is 11.9 Å². The summed E-state index contributed by atoms with van der Waals surface area (Å²) < 4.78 is 5.32. The number of rotatable bonds is 4. The fourth-order valence-electron chi connectivity index (χ4n) is 3.80. The Morgan fingerprint density at radius 3 is 2.61 bits per heavy atom. The van der Waals surface area contributed by atoms with Crippen LogP contribution in [0.5, 0.6) is 5.75 Å². The van der Waals surface area contributed by atoms with E-state index in [0.717, 1.165) is 62.1 Å². The smallest absolute Gasteiger partial charge is 0.257 e. The summed E-state index contributed by atoms with van der Waals surface area (Å²) in [5.41, 5.74) is 2.43. The lowest BCUT2D eigenvalue weighted by Crippen LogP contribution is -2.46. The zero-order valence-corrected chi connectivity index (χ0v) is 16.8. The SMILES string of the molecule is COc1cccc([C@H]2CCN2C(=O)c2cnc(N3CCN(C)CC3)nc2C)c1. The van der Waals surface area contributed by atoms with Crippen molar-refractivity contribution in [3.05, 3.63) is 47.3 Å². The number of piperazine rings is 1. The Morgan fingerprint density at radius 1 is 1.18 bits per heavy atom. The second-order valence-electron chi connectivity index (χ2n) is 7.54. The molecule has 2 saturated heterocycles. The van der Waals surface area contributed by atoms with Crippen LogP contribution in [0.15, 0.2) is 30.5 Å². The molecule has 3 heterocycles. The van der Waals surface area contributed by atoms with Gasteiger partial charge in [-0.05, 0) is 38.1 Å². The molecule has 1 aromatic carbocycles. The zero-order chi connectivity index (χ0) is 19.7. The minimum atomic E-state index is 0.00139. The first-order valence-electron chi connectivity index (χ1n) is 9.79. The molecule has 4 rings (SSSR count). The Kier molecular flexibility index (Phi) is 5.17. The molecular formula is C21H27N5O2. The van der Waals surface area contributed by atoms with E-state index >= 15 is 0 Å². The second-order valence-corrected chi connectivity index (χ2v) is 7.54. The molecule has 0 bridgehead atoms. The fourth-order valence-corrected chi connectivity index (χ4v) is 3.80. The molecule has 7 nitrogen and oxygen atoms in total. The second kappa shape index (κ2) is 7.75. The van der Waals surface area contributed by atoms with Crippen LogP contribution >= 0.6 is 0 Å². The third-order valence-electron chi connectivity index (χ3n) is 5.74. The number of nitrogens with zero attached hydrogens (tertiary/aromatic N) is 5. The van der Waals surface area contributed by atoms with Gasteiger partial charge in [-0.15, -0.1) is 0 Å². The molecule has 28 heavy (non-hydrogen) atoms. The standard InChI is InChI=1S/C21H27N5O2/c1-15-18(14-22-21(23-15)25-11-9-24(2)10-12-25)20(27)26-8-7-19(26)16-5-4-6-17(13-16)28-3/h4-6,13-14,19H,7-12H2,1-3H3/t19-/m1/s1. The highest BCUT2D eigenvalue weighted by Crippen LogP contribution is 2.36. The molecule has 1 amide bonds. The van der Waals surface area contributed by atoms with Gasteiger partial charge in [0.2, 0.25) is 5.95 Å². The van der Waals surface area contributed by atoms with Crippen molar-refractivity contribution in [3.8, 4) is 5.75 Å². The Balaban J connectivity index is 1.50. The molecule has 1 aromatic heterocycles. The minimum Gasteiger partial charge on any atom is -0.497 e. The van der Waals surface area contributed by atoms with Crippen molar-refractivity contribution >= 4 is 11.9 Å². The summed E-state index contributed by atoms with van der Waals surface area (Å²) in [6, 6.07) is 8.02. The average Bonchev–Trinajstić information content (AvgIpc) is 2.67. The Bertz CT molecular complexity index is 864. The van der Waals surface area contributed by atoms with Gasteiger partial charge in [0.25, 0.3) is 5.91 Å². The molecular weight excluding hydrogens is 354 g/mol. The van der Waals surface area contributed by atoms with Crippen LogP contribution in [0.2, 0.25) is 0 Å². The lowest BCUT2D eigenvalue weighted by atomic mass is 9.93. The number of likely N-dealkylation sites (tertiary alicyclic amines) is 1. The molecule has 2 aliphatic heterocycles. The first kappa shape index (κ1) is 18.7. The maximum atomic E-state index is 13.1. The van der Waals surface area contributed by atoms with E-state index in [2.05, 4.69) is 26.8 Å². The van der Waals surface area contributed by atoms with Crippen molar-refractivity contribution in [3.63, 3.8) is 0 Å². The van der Waals surface area contributed by atoms with Crippen LogP contribution in [0, 0.1) is 6.92 Å². The van der Waals surface area contributed by atoms with Gasteiger partial charge in [0, 0.05) is 38.9 Å². The van der Waals surface area contributed by atoms with Gasteiger partial charge in [-0.2, -0.15) is 0 Å². The van der Waals surface area contributed by atoms with E-state index in [4.69, 9.17) is 4.74 Å². The average molecular weight is 381 g/mol. The topological polar surface area (TPSA) is 61.8 Å². The number of carbonyl (C=O) groups is 1. The number of aryl methyl sites for hydroxylation is 1. The van der Waals surface area contributed by atoms with Crippen LogP contribution in [0.4, 0.5) is 5.95 Å². The summed E-state index contributed by atoms with van der Waals surface area (Å²) in [4.78, 5) is 28.6. The van der Waals surface area contributed by atoms with Gasteiger partial charge >= 0.3 is 0 Å². The molecule has 0 N–H and O–H groups in total. The first-order chi connectivity index (χ1) is 13.6. The van der Waals surface area contributed by atoms with E-state index < -0.39 is 0 Å². The van der Waals surface area contributed by atoms with Gasteiger partial charge in [0.15, 0.2) is 0 Å². The maximum absolute atomic E-state index is 13.1. The van der Waals surface area contributed by atoms with Crippen LogP contribution in [0.25, 0.3) is 0 Å². The van der Waals surface area contributed by atoms with Crippen molar-refractivity contribution in [2.24, 2.45) is 0 Å². The summed E-state index contributed by atoms with van der Waals surface area (Å²) >= 11 is 0. The van der Waals surface area contributed by atoms with Gasteiger partial charge in [-0.25, -0.2) is 9.97 Å². The van der Waals surface area contributed by atoms with Crippen LogP contribution in [0.3, 0.4) is 0 Å². The number of benzene rings is 1. The summed E-state index contributed by atoms with van der Waals surface area (Å²) in [5.74, 6) is 1.53. The van der Waals surface area contributed by atoms with Gasteiger partial charge in [-0.3, -0.25) is 4.79 Å². The molecule has 0 unspecified atom stereocenters. The number of amides is 1. The normalized spacial score (nSPS) is 20.0. The Labute approximate surface area is 165 Å². The molecule has 2 fully saturated rings. The van der Waals surface area contributed by atoms with Crippen LogP contribution in [0.1, 0.15) is 34.1 Å². The molecule has 7 heteroatoms. The fraction of sp³-hybridized carbons (Fsp3) is 0.476. The third kappa shape index (κ3) is 3.54. The zero-order valence-electron chi connectivity index (χ0n) is 16.8. The number of anilines is 1. The van der Waals surface area contributed by atoms with E-state index in [1.54, 1.807) is 13.3 Å². The number of likely N-dealkylation sites (N-methyl/N-ethyl adjacent to an activating group) is 1. The number of hydrogen-bond donors (Lipinski definition) is 0. The monoisotopic (exact) mass is 381 g/mol. The van der Waals surface area contributed by atoms with Crippen molar-refractivity contribution < 1.29 is 9.53 Å². The van der Waals surface area contributed by atoms with Crippen molar-refractivity contribution in [2.75, 3.05) is 51.8 Å². The molecule has 0 radical (unpaired) electrons. The third-order valence-corrected chi connectivity index (χ3v) is 5.74. The highest BCUT2D eigenvalue weighted by molar-refractivity contribution is 5.95. The van der Waals surface area contributed by atoms with Crippen molar-refractivity contribution in [1.82, 2.24) is 19.8 Å². The predicted octanol–water partition coefficient (Wildman–Crippen LogP) is 2.13. The molecule has 2 aromatic rings. The van der Waals surface area contributed by atoms with Gasteiger partial charge in [-0.1, -0.05) is 12.1 Å². The summed E-state index contributed by atoms with van der Waals surface area (Å²) in [7, 11) is 3.78. The Morgan fingerprint density at radius 2 is 1.96 bits per heavy atom. The molecule has 148 valence electrons. The van der Waals surface area contributed by atoms with Gasteiger partial charge < -0.3 is 19.4 Å². The van der Waals surface area contributed by atoms with Gasteiger partial charge in [0.1, 0.15) is 5.75 Å². The number of ether oxygens (including phenoxy) is 1. The van der Waals surface area contributed by atoms with Crippen LogP contribution in [-0.2, 0) is 0 Å². The van der Waals surface area contributed by atoms with E-state index in [1.165, 1.54) is 0 Å². The van der Waals surface area contributed by atoms with Crippen LogP contribution in [-0.4, -0.2) is 72.6 Å². The van der Waals surface area contributed by atoms with Crippen molar-refractivity contribution in [1.29, 1.82) is 0 Å². The molecule has 1 atom stereocenters. The predicted molar refractivity (Wildman–Crippen MR) is 108 cm³/mol. The molecule has 0 aliphatic carbocycles. The number of aromatic nitrogens is 2. The summed E-state index contributed by atoms with van der Waals surface area (Å²) in [6.07, 6.45) is 2.65. The maximum Gasteiger partial charge on any atom is 0.257 e.